The predicted octanol–water partition coefficient (Wildman–Crippen LogP) is 14.1. The third kappa shape index (κ3) is 5.88. The quantitative estimate of drug-likeness (QED) is 0.164. The molecule has 0 atom stereocenters. The van der Waals surface area contributed by atoms with Gasteiger partial charge >= 0.3 is 0 Å². The molecule has 0 aliphatic rings. The zero-order chi connectivity index (χ0) is 37.4. The normalized spacial score (nSPS) is 13.0. The van der Waals surface area contributed by atoms with Crippen LogP contribution in [0.4, 0.5) is 0 Å². The van der Waals surface area contributed by atoms with Crippen LogP contribution < -0.4 is 0 Å². The Morgan fingerprint density at radius 1 is 0.491 bits per heavy atom. The largest absolute Gasteiger partial charge is 0.309 e. The second kappa shape index (κ2) is 12.5. The molecule has 2 heteroatoms. The van der Waals surface area contributed by atoms with Crippen LogP contribution in [0, 0.1) is 0 Å². The molecule has 0 fully saturated rings. The molecular formula is C51H54N2. The van der Waals surface area contributed by atoms with Gasteiger partial charge in [-0.1, -0.05) is 154 Å². The Labute approximate surface area is 316 Å². The molecule has 0 N–H and O–H groups in total. The SMILES string of the molecule is CC(C)c1cccc2c3c(C(C)(C)C)cccc3n(-c3ccc(CC(C)(C)c4cccc5c4c4ccccc4n5-c4cccc(C(C)(C)C)c4)cc3)c12. The van der Waals surface area contributed by atoms with Gasteiger partial charge in [-0.25, -0.2) is 0 Å². The Kier molecular flexibility index (Phi) is 8.26. The first-order valence-corrected chi connectivity index (χ1v) is 19.4. The van der Waals surface area contributed by atoms with E-state index in [1.807, 2.05) is 0 Å². The van der Waals surface area contributed by atoms with Gasteiger partial charge in [0.1, 0.15) is 0 Å². The number of fused-ring (bicyclic) bond motifs is 6. The van der Waals surface area contributed by atoms with Gasteiger partial charge in [-0.15, -0.1) is 0 Å². The maximum atomic E-state index is 2.52. The smallest absolute Gasteiger partial charge is 0.0575 e. The molecule has 0 spiro atoms. The van der Waals surface area contributed by atoms with Crippen molar-refractivity contribution in [2.75, 3.05) is 0 Å². The summed E-state index contributed by atoms with van der Waals surface area (Å²) in [5.74, 6) is 0.413. The fraction of sp³-hybridized carbons (Fsp3) is 0.294. The van der Waals surface area contributed by atoms with Crippen molar-refractivity contribution in [3.63, 3.8) is 0 Å². The molecule has 0 radical (unpaired) electrons. The number of benzene rings is 6. The van der Waals surface area contributed by atoms with Crippen molar-refractivity contribution in [1.82, 2.24) is 9.13 Å². The van der Waals surface area contributed by atoms with Gasteiger partial charge in [0.2, 0.25) is 0 Å². The first kappa shape index (κ1) is 35.0. The van der Waals surface area contributed by atoms with Gasteiger partial charge in [0, 0.05) is 32.9 Å². The lowest BCUT2D eigenvalue weighted by Crippen LogP contribution is -2.21. The molecule has 0 amide bonds. The van der Waals surface area contributed by atoms with Crippen LogP contribution >= 0.6 is 0 Å². The van der Waals surface area contributed by atoms with Crippen molar-refractivity contribution >= 4 is 43.6 Å². The summed E-state index contributed by atoms with van der Waals surface area (Å²) in [6, 6.07) is 48.1. The predicted molar refractivity (Wildman–Crippen MR) is 230 cm³/mol. The molecule has 0 saturated carbocycles. The summed E-state index contributed by atoms with van der Waals surface area (Å²) < 4.78 is 4.99. The van der Waals surface area contributed by atoms with Crippen LogP contribution in [-0.2, 0) is 22.7 Å². The lowest BCUT2D eigenvalue weighted by atomic mass is 9.77. The summed E-state index contributed by atoms with van der Waals surface area (Å²) in [4.78, 5) is 0. The molecule has 53 heavy (non-hydrogen) atoms. The van der Waals surface area contributed by atoms with E-state index in [1.54, 1.807) is 0 Å². The van der Waals surface area contributed by atoms with Crippen molar-refractivity contribution in [2.24, 2.45) is 0 Å². The van der Waals surface area contributed by atoms with Crippen molar-refractivity contribution in [3.05, 3.63) is 155 Å². The van der Waals surface area contributed by atoms with Gasteiger partial charge in [0.15, 0.2) is 0 Å². The zero-order valence-electron chi connectivity index (χ0n) is 33.3. The molecule has 0 saturated heterocycles. The topological polar surface area (TPSA) is 9.86 Å². The third-order valence-electron chi connectivity index (χ3n) is 11.5. The van der Waals surface area contributed by atoms with Crippen LogP contribution in [-0.4, -0.2) is 9.13 Å². The fourth-order valence-corrected chi connectivity index (χ4v) is 8.84. The first-order chi connectivity index (χ1) is 25.1. The highest BCUT2D eigenvalue weighted by molar-refractivity contribution is 6.13. The van der Waals surface area contributed by atoms with E-state index in [1.165, 1.54) is 82.8 Å². The molecule has 268 valence electrons. The van der Waals surface area contributed by atoms with Crippen LogP contribution in [0.1, 0.15) is 103 Å². The summed E-state index contributed by atoms with van der Waals surface area (Å²) >= 11 is 0. The van der Waals surface area contributed by atoms with Crippen LogP contribution in [0.15, 0.2) is 127 Å². The molecule has 0 unspecified atom stereocenters. The Bertz CT molecular complexity index is 2640. The average Bonchev–Trinajstić information content (AvgIpc) is 3.64. The number of nitrogens with zero attached hydrogens (tertiary/aromatic N) is 2. The summed E-state index contributed by atoms with van der Waals surface area (Å²) in [6.45, 7) is 23.3. The molecule has 0 aliphatic carbocycles. The van der Waals surface area contributed by atoms with Gasteiger partial charge in [-0.3, -0.25) is 0 Å². The van der Waals surface area contributed by atoms with E-state index in [0.717, 1.165) is 6.42 Å². The van der Waals surface area contributed by atoms with Gasteiger partial charge in [-0.2, -0.15) is 0 Å². The van der Waals surface area contributed by atoms with E-state index in [4.69, 9.17) is 0 Å². The van der Waals surface area contributed by atoms with Crippen molar-refractivity contribution in [3.8, 4) is 11.4 Å². The lowest BCUT2D eigenvalue weighted by molar-refractivity contribution is 0.527. The zero-order valence-corrected chi connectivity index (χ0v) is 33.3. The highest BCUT2D eigenvalue weighted by Crippen LogP contribution is 2.43. The van der Waals surface area contributed by atoms with Crippen LogP contribution in [0.25, 0.3) is 55.0 Å². The van der Waals surface area contributed by atoms with E-state index in [-0.39, 0.29) is 16.2 Å². The van der Waals surface area contributed by atoms with Gasteiger partial charge in [0.25, 0.3) is 0 Å². The molecule has 6 aromatic carbocycles. The number of hydrogen-bond acceptors (Lipinski definition) is 0. The molecular weight excluding hydrogens is 641 g/mol. The van der Waals surface area contributed by atoms with E-state index in [9.17, 15) is 0 Å². The van der Waals surface area contributed by atoms with Crippen molar-refractivity contribution in [2.45, 2.75) is 97.8 Å². The highest BCUT2D eigenvalue weighted by atomic mass is 15.0. The maximum Gasteiger partial charge on any atom is 0.0575 e. The van der Waals surface area contributed by atoms with Crippen molar-refractivity contribution in [1.29, 1.82) is 0 Å². The molecule has 2 aromatic heterocycles. The Morgan fingerprint density at radius 2 is 1.08 bits per heavy atom. The summed E-state index contributed by atoms with van der Waals surface area (Å²) in [6.07, 6.45) is 0.935. The average molecular weight is 695 g/mol. The monoisotopic (exact) mass is 694 g/mol. The van der Waals surface area contributed by atoms with Crippen LogP contribution in [0.5, 0.6) is 0 Å². The van der Waals surface area contributed by atoms with Gasteiger partial charge in [-0.05, 0) is 98.9 Å². The van der Waals surface area contributed by atoms with Crippen molar-refractivity contribution < 1.29 is 0 Å². The molecule has 0 bridgehead atoms. The van der Waals surface area contributed by atoms with E-state index in [0.29, 0.717) is 5.92 Å². The minimum Gasteiger partial charge on any atom is -0.309 e. The molecule has 2 nitrogen and oxygen atoms in total. The van der Waals surface area contributed by atoms with E-state index in [2.05, 4.69) is 206 Å². The second-order valence-electron chi connectivity index (χ2n) is 18.3. The van der Waals surface area contributed by atoms with E-state index < -0.39 is 0 Å². The third-order valence-corrected chi connectivity index (χ3v) is 11.5. The van der Waals surface area contributed by atoms with Crippen LogP contribution in [0.2, 0.25) is 0 Å². The summed E-state index contributed by atoms with van der Waals surface area (Å²) in [7, 11) is 0. The maximum absolute atomic E-state index is 2.52. The van der Waals surface area contributed by atoms with E-state index >= 15 is 0 Å². The Morgan fingerprint density at radius 3 is 1.75 bits per heavy atom. The first-order valence-electron chi connectivity index (χ1n) is 19.4. The molecule has 8 aromatic rings. The molecule has 8 rings (SSSR count). The summed E-state index contributed by atoms with van der Waals surface area (Å²) in [5.41, 5.74) is 14.4. The fourth-order valence-electron chi connectivity index (χ4n) is 8.84. The number of hydrogen-bond donors (Lipinski definition) is 0. The standard InChI is InChI=1S/C51H54N2/c1-33(2)38-20-14-21-40-47-41(50(6,7)8)22-15-26-45(47)53(48(38)40)36-29-27-34(28-30-36)32-51(9,10)42-23-16-25-44-46(42)39-19-11-12-24-43(39)52(44)37-18-13-17-35(31-37)49(3,4)5/h11-31,33H,32H2,1-10H3. The Hall–Kier alpha value is -5.08. The van der Waals surface area contributed by atoms with Crippen LogP contribution in [0.3, 0.4) is 0 Å². The minimum absolute atomic E-state index is 0.0352. The highest BCUT2D eigenvalue weighted by Gasteiger charge is 2.28. The number of aromatic nitrogens is 2. The molecule has 0 aliphatic heterocycles. The number of rotatable bonds is 6. The lowest BCUT2D eigenvalue weighted by Gasteiger charge is -2.27. The number of para-hydroxylation sites is 2. The Balaban J connectivity index is 1.23. The summed E-state index contributed by atoms with van der Waals surface area (Å²) in [5, 5.41) is 5.39. The van der Waals surface area contributed by atoms with Gasteiger partial charge < -0.3 is 9.13 Å². The minimum atomic E-state index is -0.109. The van der Waals surface area contributed by atoms with Gasteiger partial charge in [0.05, 0.1) is 22.1 Å². The second-order valence-corrected chi connectivity index (χ2v) is 18.3. The molecule has 2 heterocycles.